The van der Waals surface area contributed by atoms with Crippen LogP contribution in [0.3, 0.4) is 0 Å². The van der Waals surface area contributed by atoms with Crippen molar-refractivity contribution in [3.63, 3.8) is 0 Å². The van der Waals surface area contributed by atoms with Gasteiger partial charge in [-0.05, 0) is 38.1 Å². The van der Waals surface area contributed by atoms with Crippen LogP contribution in [0.4, 0.5) is 0 Å². The number of hydrogen-bond acceptors (Lipinski definition) is 3. The maximum Gasteiger partial charge on any atom is 0.119 e. The summed E-state index contributed by atoms with van der Waals surface area (Å²) < 4.78 is 5.56. The van der Waals surface area contributed by atoms with Gasteiger partial charge in [0.2, 0.25) is 0 Å². The average Bonchev–Trinajstić information content (AvgIpc) is 2.66. The molecule has 1 aliphatic rings. The number of para-hydroxylation sites is 1. The molecule has 1 aliphatic heterocycles. The lowest BCUT2D eigenvalue weighted by Crippen LogP contribution is -2.36. The summed E-state index contributed by atoms with van der Waals surface area (Å²) in [6.07, 6.45) is 4.77. The molecule has 3 heteroatoms. The van der Waals surface area contributed by atoms with E-state index in [1.807, 2.05) is 30.3 Å². The minimum Gasteiger partial charge on any atom is -0.491 e. The Hall–Kier alpha value is -1.06. The van der Waals surface area contributed by atoms with Crippen molar-refractivity contribution in [1.82, 2.24) is 4.90 Å². The molecule has 18 heavy (non-hydrogen) atoms. The van der Waals surface area contributed by atoms with Gasteiger partial charge in [0.1, 0.15) is 18.5 Å². The zero-order chi connectivity index (χ0) is 12.6. The standard InChI is InChI=1S/C15H23NO2/c17-14(12-16-10-6-1-2-7-11-16)13-18-15-8-4-3-5-9-15/h3-5,8-9,14,17H,1-2,6-7,10-13H2/t14-/m1/s1. The Bertz CT molecular complexity index is 321. The van der Waals surface area contributed by atoms with Gasteiger partial charge in [0.25, 0.3) is 0 Å². The van der Waals surface area contributed by atoms with E-state index in [2.05, 4.69) is 4.90 Å². The molecule has 0 aromatic heterocycles. The minimum atomic E-state index is -0.400. The summed E-state index contributed by atoms with van der Waals surface area (Å²) in [6, 6.07) is 9.67. The highest BCUT2D eigenvalue weighted by atomic mass is 16.5. The van der Waals surface area contributed by atoms with Crippen molar-refractivity contribution in [2.24, 2.45) is 0 Å². The van der Waals surface area contributed by atoms with Crippen LogP contribution in [0.2, 0.25) is 0 Å². The number of likely N-dealkylation sites (tertiary alicyclic amines) is 1. The van der Waals surface area contributed by atoms with Gasteiger partial charge in [-0.15, -0.1) is 0 Å². The summed E-state index contributed by atoms with van der Waals surface area (Å²) in [7, 11) is 0. The fourth-order valence-electron chi connectivity index (χ4n) is 2.38. The van der Waals surface area contributed by atoms with Crippen LogP contribution in [0.1, 0.15) is 25.7 Å². The van der Waals surface area contributed by atoms with Crippen molar-refractivity contribution in [3.8, 4) is 5.75 Å². The SMILES string of the molecule is O[C@@H](COc1ccccc1)CN1CCCCCC1. The third-order valence-corrected chi connectivity index (χ3v) is 3.35. The summed E-state index contributed by atoms with van der Waals surface area (Å²) in [5, 5.41) is 9.99. The smallest absolute Gasteiger partial charge is 0.119 e. The molecular formula is C15H23NO2. The van der Waals surface area contributed by atoms with Crippen molar-refractivity contribution in [2.75, 3.05) is 26.2 Å². The lowest BCUT2D eigenvalue weighted by atomic mass is 10.2. The molecule has 3 nitrogen and oxygen atoms in total. The minimum absolute atomic E-state index is 0.376. The van der Waals surface area contributed by atoms with Gasteiger partial charge < -0.3 is 14.7 Å². The van der Waals surface area contributed by atoms with Crippen molar-refractivity contribution >= 4 is 0 Å². The molecule has 100 valence electrons. The quantitative estimate of drug-likeness (QED) is 0.869. The zero-order valence-corrected chi connectivity index (χ0v) is 10.9. The van der Waals surface area contributed by atoms with Gasteiger partial charge in [-0.1, -0.05) is 31.0 Å². The fourth-order valence-corrected chi connectivity index (χ4v) is 2.38. The van der Waals surface area contributed by atoms with Crippen LogP contribution in [0.5, 0.6) is 5.75 Å². The second-order valence-electron chi connectivity index (χ2n) is 4.99. The van der Waals surface area contributed by atoms with Crippen LogP contribution in [0, 0.1) is 0 Å². The first kappa shape index (κ1) is 13.4. The number of β-amino-alcohol motifs (C(OH)–C–C–N with tert-alkyl or cyclic N) is 1. The van der Waals surface area contributed by atoms with Crippen LogP contribution < -0.4 is 4.74 Å². The van der Waals surface area contributed by atoms with Gasteiger partial charge in [0.05, 0.1) is 0 Å². The highest BCUT2D eigenvalue weighted by Crippen LogP contribution is 2.11. The maximum absolute atomic E-state index is 9.99. The van der Waals surface area contributed by atoms with E-state index >= 15 is 0 Å². The van der Waals surface area contributed by atoms with Gasteiger partial charge in [0, 0.05) is 6.54 Å². The van der Waals surface area contributed by atoms with Crippen LogP contribution >= 0.6 is 0 Å². The number of aliphatic hydroxyl groups is 1. The number of aliphatic hydroxyl groups excluding tert-OH is 1. The van der Waals surface area contributed by atoms with Gasteiger partial charge in [-0.25, -0.2) is 0 Å². The Morgan fingerprint density at radius 1 is 1.06 bits per heavy atom. The summed E-state index contributed by atoms with van der Waals surface area (Å²) in [4.78, 5) is 2.35. The monoisotopic (exact) mass is 249 g/mol. The van der Waals surface area contributed by atoms with Crippen LogP contribution in [0.15, 0.2) is 30.3 Å². The van der Waals surface area contributed by atoms with E-state index in [0.29, 0.717) is 6.61 Å². The molecule has 0 unspecified atom stereocenters. The molecule has 1 heterocycles. The van der Waals surface area contributed by atoms with Gasteiger partial charge in [-0.3, -0.25) is 0 Å². The molecule has 0 bridgehead atoms. The molecule has 0 aliphatic carbocycles. The largest absolute Gasteiger partial charge is 0.491 e. The molecule has 0 amide bonds. The Morgan fingerprint density at radius 3 is 2.39 bits per heavy atom. The van der Waals surface area contributed by atoms with Crippen LogP contribution in [0.25, 0.3) is 0 Å². The Labute approximate surface area is 109 Å². The lowest BCUT2D eigenvalue weighted by molar-refractivity contribution is 0.0694. The molecule has 1 saturated heterocycles. The molecule has 1 aromatic carbocycles. The summed E-state index contributed by atoms with van der Waals surface area (Å²) in [5.74, 6) is 0.826. The highest BCUT2D eigenvalue weighted by molar-refractivity contribution is 5.20. The molecule has 2 rings (SSSR count). The van der Waals surface area contributed by atoms with Gasteiger partial charge >= 0.3 is 0 Å². The lowest BCUT2D eigenvalue weighted by Gasteiger charge is -2.23. The number of nitrogens with zero attached hydrogens (tertiary/aromatic N) is 1. The first-order valence-electron chi connectivity index (χ1n) is 6.93. The van der Waals surface area contributed by atoms with Crippen molar-refractivity contribution < 1.29 is 9.84 Å². The highest BCUT2D eigenvalue weighted by Gasteiger charge is 2.14. The number of rotatable bonds is 5. The normalized spacial score (nSPS) is 19.2. The molecule has 0 radical (unpaired) electrons. The third-order valence-electron chi connectivity index (χ3n) is 3.35. The number of benzene rings is 1. The second-order valence-corrected chi connectivity index (χ2v) is 4.99. The zero-order valence-electron chi connectivity index (χ0n) is 10.9. The summed E-state index contributed by atoms with van der Waals surface area (Å²) in [6.45, 7) is 3.33. The third kappa shape index (κ3) is 4.67. The molecule has 1 aromatic rings. The van der Waals surface area contributed by atoms with Crippen LogP contribution in [-0.4, -0.2) is 42.4 Å². The van der Waals surface area contributed by atoms with E-state index < -0.39 is 6.10 Å². The van der Waals surface area contributed by atoms with E-state index in [4.69, 9.17) is 4.74 Å². The van der Waals surface area contributed by atoms with E-state index in [-0.39, 0.29) is 0 Å². The molecule has 0 saturated carbocycles. The summed E-state index contributed by atoms with van der Waals surface area (Å²) in [5.41, 5.74) is 0. The first-order chi connectivity index (χ1) is 8.84. The molecule has 0 spiro atoms. The maximum atomic E-state index is 9.99. The van der Waals surface area contributed by atoms with E-state index in [1.54, 1.807) is 0 Å². The Morgan fingerprint density at radius 2 is 1.72 bits per heavy atom. The Kier molecular flexibility index (Phi) is 5.49. The summed E-state index contributed by atoms with van der Waals surface area (Å²) >= 11 is 0. The molecule has 1 N–H and O–H groups in total. The van der Waals surface area contributed by atoms with Crippen molar-refractivity contribution in [3.05, 3.63) is 30.3 Å². The molecular weight excluding hydrogens is 226 g/mol. The topological polar surface area (TPSA) is 32.7 Å². The second kappa shape index (κ2) is 7.39. The van der Waals surface area contributed by atoms with Crippen LogP contribution in [-0.2, 0) is 0 Å². The van der Waals surface area contributed by atoms with E-state index in [0.717, 1.165) is 25.4 Å². The van der Waals surface area contributed by atoms with Gasteiger partial charge in [0.15, 0.2) is 0 Å². The van der Waals surface area contributed by atoms with E-state index in [1.165, 1.54) is 25.7 Å². The Balaban J connectivity index is 1.69. The predicted molar refractivity (Wildman–Crippen MR) is 72.9 cm³/mol. The predicted octanol–water partition coefficient (Wildman–Crippen LogP) is 2.30. The van der Waals surface area contributed by atoms with Crippen molar-refractivity contribution in [2.45, 2.75) is 31.8 Å². The van der Waals surface area contributed by atoms with Gasteiger partial charge in [-0.2, -0.15) is 0 Å². The number of ether oxygens (including phenoxy) is 1. The van der Waals surface area contributed by atoms with Crippen molar-refractivity contribution in [1.29, 1.82) is 0 Å². The number of hydrogen-bond donors (Lipinski definition) is 1. The van der Waals surface area contributed by atoms with E-state index in [9.17, 15) is 5.11 Å². The fraction of sp³-hybridized carbons (Fsp3) is 0.600. The molecule has 1 atom stereocenters. The average molecular weight is 249 g/mol. The first-order valence-corrected chi connectivity index (χ1v) is 6.93. The molecule has 1 fully saturated rings.